The van der Waals surface area contributed by atoms with Crippen molar-refractivity contribution in [3.8, 4) is 0 Å². The predicted octanol–water partition coefficient (Wildman–Crippen LogP) is 2.65. The second-order valence-electron chi connectivity index (χ2n) is 5.71. The molecule has 1 atom stereocenters. The van der Waals surface area contributed by atoms with Gasteiger partial charge in [0, 0.05) is 32.7 Å². The largest absolute Gasteiger partial charge is 0.394 e. The molecular weight excluding hydrogens is 241 g/mol. The summed E-state index contributed by atoms with van der Waals surface area (Å²) in [5.74, 6) is -0.589. The van der Waals surface area contributed by atoms with Gasteiger partial charge in [0.15, 0.2) is 0 Å². The molecule has 5 heteroatoms. The van der Waals surface area contributed by atoms with Crippen LogP contribution in [0.15, 0.2) is 0 Å². The topological polar surface area (TPSA) is 15.3 Å². The molecule has 18 heavy (non-hydrogen) atoms. The van der Waals surface area contributed by atoms with Crippen LogP contribution >= 0.6 is 0 Å². The van der Waals surface area contributed by atoms with E-state index in [2.05, 4.69) is 5.32 Å². The fourth-order valence-electron chi connectivity index (χ4n) is 3.10. The van der Waals surface area contributed by atoms with Gasteiger partial charge in [0.05, 0.1) is 5.92 Å². The average Bonchev–Trinajstić information content (AvgIpc) is 2.55. The summed E-state index contributed by atoms with van der Waals surface area (Å²) in [4.78, 5) is 2.02. The number of rotatable bonds is 2. The van der Waals surface area contributed by atoms with Gasteiger partial charge < -0.3 is 10.2 Å². The predicted molar refractivity (Wildman–Crippen MR) is 65.4 cm³/mol. The molecule has 1 N–H and O–H groups in total. The minimum Gasteiger partial charge on any atom is -0.315 e. The molecule has 0 spiro atoms. The van der Waals surface area contributed by atoms with Gasteiger partial charge in [0.25, 0.3) is 0 Å². The van der Waals surface area contributed by atoms with Gasteiger partial charge in [-0.15, -0.1) is 0 Å². The molecule has 0 amide bonds. The summed E-state index contributed by atoms with van der Waals surface area (Å²) < 4.78 is 38.4. The molecule has 2 aliphatic rings. The molecule has 2 rings (SSSR count). The molecule has 1 saturated carbocycles. The first-order valence-corrected chi connectivity index (χ1v) is 7.05. The Labute approximate surface area is 107 Å². The first-order chi connectivity index (χ1) is 8.55. The molecule has 1 saturated heterocycles. The van der Waals surface area contributed by atoms with Crippen LogP contribution in [0.4, 0.5) is 13.2 Å². The first-order valence-electron chi connectivity index (χ1n) is 7.05. The van der Waals surface area contributed by atoms with Gasteiger partial charge in [0.1, 0.15) is 0 Å². The maximum atomic E-state index is 12.8. The standard InChI is InChI=1S/C13H23F3N2/c14-13(15,16)12-8-17-6-7-18(10-12)9-11-4-2-1-3-5-11/h11-12,17H,1-10H2. The fraction of sp³-hybridized carbons (Fsp3) is 1.00. The number of hydrogen-bond acceptors (Lipinski definition) is 2. The van der Waals surface area contributed by atoms with E-state index in [9.17, 15) is 13.2 Å². The molecule has 0 radical (unpaired) electrons. The summed E-state index contributed by atoms with van der Waals surface area (Å²) in [7, 11) is 0. The molecule has 0 aromatic rings. The molecule has 0 bridgehead atoms. The van der Waals surface area contributed by atoms with Crippen LogP contribution in [0, 0.1) is 11.8 Å². The Morgan fingerprint density at radius 1 is 1.11 bits per heavy atom. The van der Waals surface area contributed by atoms with E-state index in [1.54, 1.807) is 0 Å². The minimum absolute atomic E-state index is 0.0741. The Morgan fingerprint density at radius 2 is 1.83 bits per heavy atom. The zero-order valence-corrected chi connectivity index (χ0v) is 10.8. The van der Waals surface area contributed by atoms with E-state index in [1.165, 1.54) is 32.1 Å². The highest BCUT2D eigenvalue weighted by molar-refractivity contribution is 4.80. The average molecular weight is 264 g/mol. The molecule has 1 unspecified atom stereocenters. The molecule has 1 heterocycles. The SMILES string of the molecule is FC(F)(F)C1CNCCN(CC2CCCCC2)C1. The molecular formula is C13H23F3N2. The van der Waals surface area contributed by atoms with Gasteiger partial charge in [-0.3, -0.25) is 0 Å². The number of halogens is 3. The monoisotopic (exact) mass is 264 g/mol. The summed E-state index contributed by atoms with van der Waals surface area (Å²) in [5, 5.41) is 2.91. The fourth-order valence-corrected chi connectivity index (χ4v) is 3.10. The Morgan fingerprint density at radius 3 is 2.50 bits per heavy atom. The zero-order valence-electron chi connectivity index (χ0n) is 10.8. The molecule has 106 valence electrons. The van der Waals surface area contributed by atoms with E-state index in [0.717, 1.165) is 13.1 Å². The van der Waals surface area contributed by atoms with Crippen molar-refractivity contribution in [3.63, 3.8) is 0 Å². The normalized spacial score (nSPS) is 29.2. The van der Waals surface area contributed by atoms with Gasteiger partial charge in [0.2, 0.25) is 0 Å². The van der Waals surface area contributed by atoms with Crippen molar-refractivity contribution in [3.05, 3.63) is 0 Å². The molecule has 1 aliphatic carbocycles. The van der Waals surface area contributed by atoms with E-state index in [-0.39, 0.29) is 13.1 Å². The quantitative estimate of drug-likeness (QED) is 0.825. The van der Waals surface area contributed by atoms with Crippen LogP contribution in [0.25, 0.3) is 0 Å². The van der Waals surface area contributed by atoms with Crippen molar-refractivity contribution in [2.75, 3.05) is 32.7 Å². The van der Waals surface area contributed by atoms with E-state index in [0.29, 0.717) is 12.5 Å². The summed E-state index contributed by atoms with van der Waals surface area (Å²) in [5.41, 5.74) is 0. The molecule has 2 nitrogen and oxygen atoms in total. The van der Waals surface area contributed by atoms with Gasteiger partial charge in [-0.05, 0) is 18.8 Å². The van der Waals surface area contributed by atoms with E-state index >= 15 is 0 Å². The highest BCUT2D eigenvalue weighted by Crippen LogP contribution is 2.29. The molecule has 0 aromatic heterocycles. The summed E-state index contributed by atoms with van der Waals surface area (Å²) in [6, 6.07) is 0. The summed E-state index contributed by atoms with van der Waals surface area (Å²) in [6.07, 6.45) is 2.12. The molecule has 0 aromatic carbocycles. The lowest BCUT2D eigenvalue weighted by molar-refractivity contribution is -0.176. The maximum absolute atomic E-state index is 12.8. The van der Waals surface area contributed by atoms with E-state index in [4.69, 9.17) is 0 Å². The second kappa shape index (κ2) is 6.24. The Balaban J connectivity index is 1.86. The van der Waals surface area contributed by atoms with Gasteiger partial charge in [-0.2, -0.15) is 13.2 Å². The number of nitrogens with zero attached hydrogens (tertiary/aromatic N) is 1. The Hall–Kier alpha value is -0.290. The van der Waals surface area contributed by atoms with Gasteiger partial charge >= 0.3 is 6.18 Å². The summed E-state index contributed by atoms with van der Waals surface area (Å²) in [6.45, 7) is 2.54. The van der Waals surface area contributed by atoms with E-state index < -0.39 is 12.1 Å². The first kappa shape index (κ1) is 14.1. The summed E-state index contributed by atoms with van der Waals surface area (Å²) >= 11 is 0. The van der Waals surface area contributed by atoms with Crippen molar-refractivity contribution >= 4 is 0 Å². The number of hydrogen-bond donors (Lipinski definition) is 1. The lowest BCUT2D eigenvalue weighted by Gasteiger charge is -2.30. The van der Waals surface area contributed by atoms with Crippen LogP contribution in [0.1, 0.15) is 32.1 Å². The molecule has 1 aliphatic heterocycles. The lowest BCUT2D eigenvalue weighted by atomic mass is 9.89. The van der Waals surface area contributed by atoms with Crippen LogP contribution in [-0.2, 0) is 0 Å². The highest BCUT2D eigenvalue weighted by atomic mass is 19.4. The third-order valence-electron chi connectivity index (χ3n) is 4.18. The third-order valence-corrected chi connectivity index (χ3v) is 4.18. The number of alkyl halides is 3. The van der Waals surface area contributed by atoms with Crippen LogP contribution in [0.3, 0.4) is 0 Å². The third kappa shape index (κ3) is 4.12. The van der Waals surface area contributed by atoms with Crippen LogP contribution in [0.2, 0.25) is 0 Å². The Bertz CT molecular complexity index is 249. The van der Waals surface area contributed by atoms with Crippen LogP contribution in [-0.4, -0.2) is 43.8 Å². The highest BCUT2D eigenvalue weighted by Gasteiger charge is 2.41. The van der Waals surface area contributed by atoms with Crippen LogP contribution < -0.4 is 5.32 Å². The lowest BCUT2D eigenvalue weighted by Crippen LogP contribution is -2.40. The minimum atomic E-state index is -4.07. The smallest absolute Gasteiger partial charge is 0.315 e. The Kier molecular flexibility index (Phi) is 4.90. The van der Waals surface area contributed by atoms with Crippen molar-refractivity contribution in [1.29, 1.82) is 0 Å². The number of nitrogens with one attached hydrogen (secondary N) is 1. The second-order valence-corrected chi connectivity index (χ2v) is 5.71. The molecule has 2 fully saturated rings. The zero-order chi connectivity index (χ0) is 13.0. The maximum Gasteiger partial charge on any atom is 0.394 e. The van der Waals surface area contributed by atoms with E-state index in [1.807, 2.05) is 4.90 Å². The van der Waals surface area contributed by atoms with Crippen molar-refractivity contribution in [2.45, 2.75) is 38.3 Å². The van der Waals surface area contributed by atoms with Crippen molar-refractivity contribution in [1.82, 2.24) is 10.2 Å². The van der Waals surface area contributed by atoms with Crippen molar-refractivity contribution in [2.24, 2.45) is 11.8 Å². The van der Waals surface area contributed by atoms with Gasteiger partial charge in [-0.25, -0.2) is 0 Å². The van der Waals surface area contributed by atoms with Crippen molar-refractivity contribution < 1.29 is 13.2 Å². The van der Waals surface area contributed by atoms with Gasteiger partial charge in [-0.1, -0.05) is 19.3 Å². The van der Waals surface area contributed by atoms with Crippen LogP contribution in [0.5, 0.6) is 0 Å².